The number of aryl methyl sites for hydroxylation is 1. The number of rotatable bonds is 8. The lowest BCUT2D eigenvalue weighted by Crippen LogP contribution is -2.30. The molecule has 0 saturated heterocycles. The molecule has 0 fully saturated rings. The van der Waals surface area contributed by atoms with Crippen LogP contribution in [0.5, 0.6) is 5.75 Å². The summed E-state index contributed by atoms with van der Waals surface area (Å²) < 4.78 is 15.9. The molecular weight excluding hydrogens is 322 g/mol. The molecule has 0 aromatic heterocycles. The number of hydrogen-bond donors (Lipinski definition) is 0. The first-order valence-corrected chi connectivity index (χ1v) is 8.36. The number of benzene rings is 1. The maximum Gasteiger partial charge on any atom is 0.344 e. The van der Waals surface area contributed by atoms with Gasteiger partial charge in [0.05, 0.1) is 7.11 Å². The second-order valence-electron chi connectivity index (χ2n) is 6.67. The molecule has 0 N–H and O–H groups in total. The SMILES string of the molecule is COC(=O)c1c(C)ccc(C(C)C)c1OCC(=O)OC(C)CN(C)C. The van der Waals surface area contributed by atoms with E-state index in [1.165, 1.54) is 7.11 Å². The highest BCUT2D eigenvalue weighted by Crippen LogP contribution is 2.33. The number of esters is 2. The highest BCUT2D eigenvalue weighted by atomic mass is 16.6. The van der Waals surface area contributed by atoms with Crippen molar-refractivity contribution < 1.29 is 23.8 Å². The van der Waals surface area contributed by atoms with Crippen molar-refractivity contribution in [3.05, 3.63) is 28.8 Å². The van der Waals surface area contributed by atoms with Gasteiger partial charge in [0.1, 0.15) is 17.4 Å². The fourth-order valence-corrected chi connectivity index (χ4v) is 2.60. The van der Waals surface area contributed by atoms with Gasteiger partial charge in [-0.05, 0) is 45.0 Å². The van der Waals surface area contributed by atoms with Crippen molar-refractivity contribution in [1.29, 1.82) is 0 Å². The first kappa shape index (κ1) is 21.0. The van der Waals surface area contributed by atoms with Gasteiger partial charge in [-0.2, -0.15) is 0 Å². The molecule has 1 unspecified atom stereocenters. The summed E-state index contributed by atoms with van der Waals surface area (Å²) >= 11 is 0. The number of likely N-dealkylation sites (N-methyl/N-ethyl adjacent to an activating group) is 1. The van der Waals surface area contributed by atoms with E-state index in [1.807, 2.05) is 51.9 Å². The molecule has 0 spiro atoms. The van der Waals surface area contributed by atoms with Gasteiger partial charge < -0.3 is 19.1 Å². The fourth-order valence-electron chi connectivity index (χ4n) is 2.60. The molecule has 140 valence electrons. The van der Waals surface area contributed by atoms with E-state index in [2.05, 4.69) is 0 Å². The normalized spacial score (nSPS) is 12.2. The minimum absolute atomic E-state index is 0.127. The fraction of sp³-hybridized carbons (Fsp3) is 0.579. The summed E-state index contributed by atoms with van der Waals surface area (Å²) in [4.78, 5) is 26.1. The Bertz CT molecular complexity index is 610. The van der Waals surface area contributed by atoms with Crippen molar-refractivity contribution >= 4 is 11.9 Å². The van der Waals surface area contributed by atoms with Gasteiger partial charge in [0.2, 0.25) is 0 Å². The molecule has 6 heteroatoms. The van der Waals surface area contributed by atoms with Crippen LogP contribution in [0.1, 0.15) is 48.2 Å². The Hall–Kier alpha value is -2.08. The highest BCUT2D eigenvalue weighted by Gasteiger charge is 2.22. The zero-order chi connectivity index (χ0) is 19.1. The molecule has 0 amide bonds. The maximum absolute atomic E-state index is 12.1. The average molecular weight is 351 g/mol. The second-order valence-corrected chi connectivity index (χ2v) is 6.67. The van der Waals surface area contributed by atoms with Crippen molar-refractivity contribution in [1.82, 2.24) is 4.90 Å². The second kappa shape index (κ2) is 9.42. The predicted octanol–water partition coefficient (Wildman–Crippen LogP) is 2.78. The van der Waals surface area contributed by atoms with Crippen LogP contribution in [-0.2, 0) is 14.3 Å². The number of carbonyl (C=O) groups excluding carboxylic acids is 2. The summed E-state index contributed by atoms with van der Waals surface area (Å²) in [5, 5.41) is 0. The van der Waals surface area contributed by atoms with Crippen LogP contribution in [0.25, 0.3) is 0 Å². The van der Waals surface area contributed by atoms with E-state index in [0.29, 0.717) is 17.9 Å². The van der Waals surface area contributed by atoms with Crippen LogP contribution in [0.2, 0.25) is 0 Å². The third kappa shape index (κ3) is 6.05. The largest absolute Gasteiger partial charge is 0.481 e. The van der Waals surface area contributed by atoms with Gasteiger partial charge in [-0.1, -0.05) is 26.0 Å². The number of methoxy groups -OCH3 is 1. The first-order valence-electron chi connectivity index (χ1n) is 8.36. The summed E-state index contributed by atoms with van der Waals surface area (Å²) in [5.41, 5.74) is 1.93. The maximum atomic E-state index is 12.1. The highest BCUT2D eigenvalue weighted by molar-refractivity contribution is 5.94. The lowest BCUT2D eigenvalue weighted by Gasteiger charge is -2.20. The van der Waals surface area contributed by atoms with E-state index < -0.39 is 11.9 Å². The Balaban J connectivity index is 2.97. The van der Waals surface area contributed by atoms with Gasteiger partial charge >= 0.3 is 11.9 Å². The van der Waals surface area contributed by atoms with Crippen molar-refractivity contribution in [2.24, 2.45) is 0 Å². The van der Waals surface area contributed by atoms with Gasteiger partial charge in [0.15, 0.2) is 6.61 Å². The molecule has 6 nitrogen and oxygen atoms in total. The molecule has 0 saturated carbocycles. The van der Waals surface area contributed by atoms with Gasteiger partial charge in [-0.15, -0.1) is 0 Å². The third-order valence-electron chi connectivity index (χ3n) is 3.70. The Kier molecular flexibility index (Phi) is 7.90. The Morgan fingerprint density at radius 1 is 1.16 bits per heavy atom. The molecule has 0 bridgehead atoms. The molecule has 0 heterocycles. The minimum Gasteiger partial charge on any atom is -0.481 e. The predicted molar refractivity (Wildman–Crippen MR) is 96.2 cm³/mol. The number of carbonyl (C=O) groups is 2. The van der Waals surface area contributed by atoms with E-state index >= 15 is 0 Å². The average Bonchev–Trinajstić information content (AvgIpc) is 2.50. The Morgan fingerprint density at radius 2 is 1.80 bits per heavy atom. The van der Waals surface area contributed by atoms with E-state index in [4.69, 9.17) is 14.2 Å². The summed E-state index contributed by atoms with van der Waals surface area (Å²) in [6.07, 6.45) is -0.242. The van der Waals surface area contributed by atoms with Gasteiger partial charge in [-0.3, -0.25) is 0 Å². The van der Waals surface area contributed by atoms with E-state index in [-0.39, 0.29) is 18.6 Å². The molecule has 0 aliphatic carbocycles. The monoisotopic (exact) mass is 351 g/mol. The van der Waals surface area contributed by atoms with Crippen LogP contribution in [0.3, 0.4) is 0 Å². The zero-order valence-corrected chi connectivity index (χ0v) is 16.2. The zero-order valence-electron chi connectivity index (χ0n) is 16.2. The van der Waals surface area contributed by atoms with E-state index in [1.54, 1.807) is 6.92 Å². The standard InChI is InChI=1S/C19H29NO5/c1-12(2)15-9-8-13(3)17(19(22)23-7)18(15)24-11-16(21)25-14(4)10-20(5)6/h8-9,12,14H,10-11H2,1-7H3. The number of hydrogen-bond acceptors (Lipinski definition) is 6. The van der Waals surface area contributed by atoms with E-state index in [0.717, 1.165) is 11.1 Å². The molecule has 1 rings (SSSR count). The van der Waals surface area contributed by atoms with Crippen molar-refractivity contribution in [3.63, 3.8) is 0 Å². The Morgan fingerprint density at radius 3 is 2.32 bits per heavy atom. The summed E-state index contributed by atoms with van der Waals surface area (Å²) in [7, 11) is 5.14. The minimum atomic E-state index is -0.482. The van der Waals surface area contributed by atoms with Gasteiger partial charge in [0, 0.05) is 6.54 Å². The molecular formula is C19H29NO5. The molecule has 0 aliphatic rings. The molecule has 25 heavy (non-hydrogen) atoms. The molecule has 1 aromatic carbocycles. The van der Waals surface area contributed by atoms with Crippen molar-refractivity contribution in [3.8, 4) is 5.75 Å². The lowest BCUT2D eigenvalue weighted by atomic mass is 9.96. The molecule has 0 aliphatic heterocycles. The third-order valence-corrected chi connectivity index (χ3v) is 3.70. The molecule has 1 atom stereocenters. The van der Waals surface area contributed by atoms with Crippen LogP contribution in [0.15, 0.2) is 12.1 Å². The van der Waals surface area contributed by atoms with Crippen LogP contribution in [0, 0.1) is 6.92 Å². The van der Waals surface area contributed by atoms with Crippen LogP contribution < -0.4 is 4.74 Å². The van der Waals surface area contributed by atoms with Gasteiger partial charge in [-0.25, -0.2) is 9.59 Å². The summed E-state index contributed by atoms with van der Waals surface area (Å²) in [6, 6.07) is 3.76. The number of nitrogens with zero attached hydrogens (tertiary/aromatic N) is 1. The lowest BCUT2D eigenvalue weighted by molar-refractivity contribution is -0.151. The van der Waals surface area contributed by atoms with Crippen molar-refractivity contribution in [2.45, 2.75) is 39.7 Å². The van der Waals surface area contributed by atoms with Crippen LogP contribution in [-0.4, -0.2) is 57.3 Å². The van der Waals surface area contributed by atoms with Gasteiger partial charge in [0.25, 0.3) is 0 Å². The Labute approximate surface area is 150 Å². The smallest absolute Gasteiger partial charge is 0.344 e. The molecule has 1 aromatic rings. The van der Waals surface area contributed by atoms with Crippen molar-refractivity contribution in [2.75, 3.05) is 34.4 Å². The summed E-state index contributed by atoms with van der Waals surface area (Å²) in [6.45, 7) is 7.99. The quantitative estimate of drug-likeness (QED) is 0.671. The van der Waals surface area contributed by atoms with Crippen LogP contribution >= 0.6 is 0 Å². The topological polar surface area (TPSA) is 65.1 Å². The van der Waals surface area contributed by atoms with E-state index in [9.17, 15) is 9.59 Å². The number of ether oxygens (including phenoxy) is 3. The first-order chi connectivity index (χ1) is 11.7. The van der Waals surface area contributed by atoms with Crippen LogP contribution in [0.4, 0.5) is 0 Å². The summed E-state index contributed by atoms with van der Waals surface area (Å²) in [5.74, 6) is -0.438. The molecule has 0 radical (unpaired) electrons.